The molecule has 1 saturated heterocycles. The van der Waals surface area contributed by atoms with E-state index in [0.29, 0.717) is 61.6 Å². The number of alkyl halides is 6. The molecule has 0 spiro atoms. The van der Waals surface area contributed by atoms with E-state index in [0.717, 1.165) is 20.7 Å². The number of benzene rings is 2. The largest absolute Gasteiger partial charge is 0.416 e. The van der Waals surface area contributed by atoms with Gasteiger partial charge in [0, 0.05) is 36.2 Å². The fourth-order valence-corrected chi connectivity index (χ4v) is 5.34. The smallest absolute Gasteiger partial charge is 0.379 e. The summed E-state index contributed by atoms with van der Waals surface area (Å²) in [5, 5.41) is 0.195. The number of morpholine rings is 1. The predicted molar refractivity (Wildman–Crippen MR) is 135 cm³/mol. The van der Waals surface area contributed by atoms with Crippen molar-refractivity contribution in [3.8, 4) is 0 Å². The Hall–Kier alpha value is -1.93. The first-order chi connectivity index (χ1) is 16.9. The fraction of sp³-hybridized carbons (Fsp3) is 0.391. The normalized spacial score (nSPS) is 15.0. The molecule has 0 bridgehead atoms. The third kappa shape index (κ3) is 7.34. The summed E-state index contributed by atoms with van der Waals surface area (Å²) < 4.78 is 87.1. The number of nitrogens with zero attached hydrogens (tertiary/aromatic N) is 3. The molecule has 0 N–H and O–H groups in total. The van der Waals surface area contributed by atoms with Gasteiger partial charge in [-0.25, -0.2) is 4.98 Å². The Morgan fingerprint density at radius 2 is 1.65 bits per heavy atom. The van der Waals surface area contributed by atoms with E-state index in [4.69, 9.17) is 4.74 Å². The van der Waals surface area contributed by atoms with Crippen molar-refractivity contribution in [1.29, 1.82) is 0 Å². The second-order valence-corrected chi connectivity index (χ2v) is 10.1. The second-order valence-electron chi connectivity index (χ2n) is 8.17. The van der Waals surface area contributed by atoms with Gasteiger partial charge in [0.1, 0.15) is 0 Å². The van der Waals surface area contributed by atoms with Crippen molar-refractivity contribution < 1.29 is 35.9 Å². The Morgan fingerprint density at radius 1 is 1.03 bits per heavy atom. The Balaban J connectivity index is 0.00000380. The van der Waals surface area contributed by atoms with Crippen molar-refractivity contribution in [1.82, 2.24) is 9.88 Å². The average molecular weight is 633 g/mol. The van der Waals surface area contributed by atoms with E-state index < -0.39 is 35.0 Å². The Labute approximate surface area is 226 Å². The molecule has 1 amide bonds. The number of rotatable bonds is 6. The van der Waals surface area contributed by atoms with Crippen LogP contribution < -0.4 is 4.90 Å². The maximum Gasteiger partial charge on any atom is 0.416 e. The maximum atomic E-state index is 13.4. The van der Waals surface area contributed by atoms with E-state index in [1.54, 1.807) is 18.2 Å². The molecule has 4 rings (SSSR count). The van der Waals surface area contributed by atoms with Crippen LogP contribution in [0.25, 0.3) is 10.2 Å². The van der Waals surface area contributed by atoms with Gasteiger partial charge in [-0.15, -0.1) is 12.4 Å². The number of anilines is 1. The Morgan fingerprint density at radius 3 is 2.24 bits per heavy atom. The summed E-state index contributed by atoms with van der Waals surface area (Å²) >= 11 is 4.49. The standard InChI is InChI=1S/C23H20BrF6N3O2S.ClH/c24-17-2-3-18-19(13-17)36-21(31-18)33(5-1-4-32-6-8-35-9-7-32)20(34)14-10-15(22(25,26)27)12-16(11-14)23(28,29)30;/h2-3,10-13H,1,4-9H2;1H. The number of thiazole rings is 1. The third-order valence-electron chi connectivity index (χ3n) is 5.61. The first-order valence-electron chi connectivity index (χ1n) is 10.9. The molecular weight excluding hydrogens is 612 g/mol. The number of hydrogen-bond donors (Lipinski definition) is 0. The molecule has 202 valence electrons. The lowest BCUT2D eigenvalue weighted by Crippen LogP contribution is -2.39. The molecular formula is C23H21BrClF6N3O2S. The van der Waals surface area contributed by atoms with Crippen LogP contribution in [-0.2, 0) is 17.1 Å². The number of fused-ring (bicyclic) bond motifs is 1. The van der Waals surface area contributed by atoms with E-state index in [9.17, 15) is 31.1 Å². The monoisotopic (exact) mass is 631 g/mol. The molecule has 2 heterocycles. The quantitative estimate of drug-likeness (QED) is 0.278. The van der Waals surface area contributed by atoms with Crippen LogP contribution in [0.2, 0.25) is 0 Å². The van der Waals surface area contributed by atoms with Crippen LogP contribution in [0.15, 0.2) is 40.9 Å². The van der Waals surface area contributed by atoms with Gasteiger partial charge in [-0.3, -0.25) is 14.6 Å². The summed E-state index contributed by atoms with van der Waals surface area (Å²) in [4.78, 5) is 21.2. The molecule has 3 aromatic rings. The van der Waals surface area contributed by atoms with Gasteiger partial charge in [0.05, 0.1) is 34.6 Å². The van der Waals surface area contributed by atoms with Crippen molar-refractivity contribution >= 4 is 60.9 Å². The van der Waals surface area contributed by atoms with Gasteiger partial charge >= 0.3 is 12.4 Å². The predicted octanol–water partition coefficient (Wildman–Crippen LogP) is 6.89. The summed E-state index contributed by atoms with van der Waals surface area (Å²) in [5.74, 6) is -0.980. The average Bonchev–Trinajstić information content (AvgIpc) is 3.23. The van der Waals surface area contributed by atoms with E-state index in [1.807, 2.05) is 0 Å². The van der Waals surface area contributed by atoms with Gasteiger partial charge in [0.25, 0.3) is 5.91 Å². The number of amides is 1. The van der Waals surface area contributed by atoms with Gasteiger partial charge in [-0.1, -0.05) is 27.3 Å². The first kappa shape index (κ1) is 29.6. The highest BCUT2D eigenvalue weighted by molar-refractivity contribution is 9.10. The van der Waals surface area contributed by atoms with Gasteiger partial charge < -0.3 is 4.74 Å². The SMILES string of the molecule is Cl.O=C(c1cc(C(F)(F)F)cc(C(F)(F)F)c1)N(CCCN1CCOCC1)c1nc2ccc(Br)cc2s1. The molecule has 5 nitrogen and oxygen atoms in total. The van der Waals surface area contributed by atoms with Crippen molar-refractivity contribution in [3.05, 3.63) is 57.6 Å². The lowest BCUT2D eigenvalue weighted by Gasteiger charge is -2.28. The topological polar surface area (TPSA) is 45.7 Å². The van der Waals surface area contributed by atoms with E-state index >= 15 is 0 Å². The molecule has 1 fully saturated rings. The molecule has 0 saturated carbocycles. The van der Waals surface area contributed by atoms with Crippen LogP contribution in [-0.4, -0.2) is 55.2 Å². The van der Waals surface area contributed by atoms with Crippen molar-refractivity contribution in [2.45, 2.75) is 18.8 Å². The van der Waals surface area contributed by atoms with Crippen LogP contribution in [0, 0.1) is 0 Å². The minimum absolute atomic E-state index is 0. The molecule has 14 heteroatoms. The number of halogens is 8. The van der Waals surface area contributed by atoms with Crippen LogP contribution in [0.5, 0.6) is 0 Å². The molecule has 0 radical (unpaired) electrons. The zero-order chi connectivity index (χ0) is 26.1. The van der Waals surface area contributed by atoms with Gasteiger partial charge in [-0.05, 0) is 42.8 Å². The van der Waals surface area contributed by atoms with Crippen molar-refractivity contribution in [3.63, 3.8) is 0 Å². The van der Waals surface area contributed by atoms with Crippen LogP contribution in [0.4, 0.5) is 31.5 Å². The van der Waals surface area contributed by atoms with E-state index in [1.165, 1.54) is 0 Å². The molecule has 1 aromatic heterocycles. The summed E-state index contributed by atoms with van der Waals surface area (Å²) in [5.41, 5.74) is -3.22. The summed E-state index contributed by atoms with van der Waals surface area (Å²) in [6, 6.07) is 6.15. The summed E-state index contributed by atoms with van der Waals surface area (Å²) in [6.07, 6.45) is -9.67. The molecule has 1 aliphatic heterocycles. The molecule has 0 atom stereocenters. The number of hydrogen-bond acceptors (Lipinski definition) is 5. The van der Waals surface area contributed by atoms with Crippen molar-refractivity contribution in [2.24, 2.45) is 0 Å². The van der Waals surface area contributed by atoms with Crippen LogP contribution in [0.3, 0.4) is 0 Å². The molecule has 37 heavy (non-hydrogen) atoms. The van der Waals surface area contributed by atoms with Gasteiger partial charge in [-0.2, -0.15) is 26.3 Å². The molecule has 2 aromatic carbocycles. The Kier molecular flexibility index (Phi) is 9.49. The highest BCUT2D eigenvalue weighted by atomic mass is 79.9. The third-order valence-corrected chi connectivity index (χ3v) is 7.14. The van der Waals surface area contributed by atoms with E-state index in [-0.39, 0.29) is 30.1 Å². The number of aromatic nitrogens is 1. The van der Waals surface area contributed by atoms with Crippen LogP contribution >= 0.6 is 39.7 Å². The zero-order valence-electron chi connectivity index (χ0n) is 19.0. The minimum atomic E-state index is -5.06. The number of carbonyl (C=O) groups excluding carboxylic acids is 1. The summed E-state index contributed by atoms with van der Waals surface area (Å²) in [7, 11) is 0. The van der Waals surface area contributed by atoms with Gasteiger partial charge in [0.15, 0.2) is 5.13 Å². The number of ether oxygens (including phenoxy) is 1. The lowest BCUT2D eigenvalue weighted by molar-refractivity contribution is -0.143. The maximum absolute atomic E-state index is 13.4. The molecule has 0 aliphatic carbocycles. The number of carbonyl (C=O) groups is 1. The summed E-state index contributed by atoms with van der Waals surface area (Å²) in [6.45, 7) is 3.19. The van der Waals surface area contributed by atoms with E-state index in [2.05, 4.69) is 25.8 Å². The fourth-order valence-electron chi connectivity index (χ4n) is 3.80. The first-order valence-corrected chi connectivity index (χ1v) is 12.5. The minimum Gasteiger partial charge on any atom is -0.379 e. The molecule has 1 aliphatic rings. The van der Waals surface area contributed by atoms with Gasteiger partial charge in [0.2, 0.25) is 0 Å². The highest BCUT2D eigenvalue weighted by Crippen LogP contribution is 2.37. The molecule has 0 unspecified atom stereocenters. The zero-order valence-corrected chi connectivity index (χ0v) is 22.3. The second kappa shape index (κ2) is 11.9. The Bertz CT molecular complexity index is 1220. The highest BCUT2D eigenvalue weighted by Gasteiger charge is 2.38. The van der Waals surface area contributed by atoms with Crippen LogP contribution in [0.1, 0.15) is 27.9 Å². The van der Waals surface area contributed by atoms with Crippen molar-refractivity contribution in [2.75, 3.05) is 44.3 Å². The lowest BCUT2D eigenvalue weighted by atomic mass is 10.0.